The van der Waals surface area contributed by atoms with Gasteiger partial charge >= 0.3 is 0 Å². The monoisotopic (exact) mass is 471 g/mol. The van der Waals surface area contributed by atoms with Crippen LogP contribution in [0.25, 0.3) is 11.0 Å². The lowest BCUT2D eigenvalue weighted by atomic mass is 10.3. The van der Waals surface area contributed by atoms with Crippen molar-refractivity contribution in [3.05, 3.63) is 81.4 Å². The molecule has 0 unspecified atom stereocenters. The first kappa shape index (κ1) is 21.3. The van der Waals surface area contributed by atoms with Crippen LogP contribution in [0.4, 0.5) is 10.8 Å². The van der Waals surface area contributed by atoms with E-state index >= 15 is 0 Å². The van der Waals surface area contributed by atoms with Crippen LogP contribution in [0.2, 0.25) is 0 Å². The summed E-state index contributed by atoms with van der Waals surface area (Å²) in [7, 11) is -3.97. The number of anilines is 1. The minimum atomic E-state index is -3.97. The molecule has 0 bridgehead atoms. The fourth-order valence-corrected chi connectivity index (χ4v) is 5.33. The number of nitrogens with zero attached hydrogens (tertiary/aromatic N) is 4. The molecule has 2 heterocycles. The Morgan fingerprint density at radius 1 is 1.09 bits per heavy atom. The second-order valence-electron chi connectivity index (χ2n) is 6.46. The second kappa shape index (κ2) is 8.28. The number of hydrogen-bond acceptors (Lipinski definition) is 9. The van der Waals surface area contributed by atoms with E-state index in [4.69, 9.17) is 0 Å². The predicted molar refractivity (Wildman–Crippen MR) is 115 cm³/mol. The summed E-state index contributed by atoms with van der Waals surface area (Å²) in [6, 6.07) is 11.3. The summed E-state index contributed by atoms with van der Waals surface area (Å²) in [5, 5.41) is 13.3. The Hall–Kier alpha value is -3.97. The summed E-state index contributed by atoms with van der Waals surface area (Å²) in [5.74, 6) is -0.572. The average Bonchev–Trinajstić information content (AvgIpc) is 3.25. The highest BCUT2D eigenvalue weighted by molar-refractivity contribution is 7.93. The minimum Gasteiger partial charge on any atom is -0.300 e. The normalized spacial score (nSPS) is 11.4. The van der Waals surface area contributed by atoms with Gasteiger partial charge < -0.3 is 5.32 Å². The number of nitrogens with one attached hydrogen (secondary N) is 1. The summed E-state index contributed by atoms with van der Waals surface area (Å²) in [6.07, 6.45) is 2.21. The van der Waals surface area contributed by atoms with Crippen molar-refractivity contribution in [1.29, 1.82) is 0 Å². The molecular weight excluding hydrogens is 458 g/mol. The highest BCUT2D eigenvalue weighted by Crippen LogP contribution is 2.29. The summed E-state index contributed by atoms with van der Waals surface area (Å²) in [5.41, 5.74) is 0.334. The lowest BCUT2D eigenvalue weighted by molar-refractivity contribution is -0.384. The van der Waals surface area contributed by atoms with E-state index in [0.717, 1.165) is 48.0 Å². The van der Waals surface area contributed by atoms with Crippen LogP contribution in [-0.4, -0.2) is 33.8 Å². The van der Waals surface area contributed by atoms with Crippen molar-refractivity contribution in [2.75, 3.05) is 5.32 Å². The number of rotatable bonds is 6. The van der Waals surface area contributed by atoms with E-state index < -0.39 is 26.2 Å². The van der Waals surface area contributed by atoms with Crippen LogP contribution >= 0.6 is 11.3 Å². The third-order valence-electron chi connectivity index (χ3n) is 4.41. The molecular formula is C19H13N5O6S2. The number of para-hydroxylation sites is 2. The van der Waals surface area contributed by atoms with Crippen molar-refractivity contribution < 1.29 is 18.1 Å². The van der Waals surface area contributed by atoms with E-state index in [-0.39, 0.29) is 26.5 Å². The molecule has 0 aliphatic heterocycles. The van der Waals surface area contributed by atoms with Gasteiger partial charge in [0.15, 0.2) is 5.13 Å². The van der Waals surface area contributed by atoms with Gasteiger partial charge in [0.25, 0.3) is 11.2 Å². The quantitative estimate of drug-likeness (QED) is 0.332. The zero-order valence-corrected chi connectivity index (χ0v) is 17.7. The molecule has 0 saturated carbocycles. The zero-order chi connectivity index (χ0) is 22.9. The average molecular weight is 471 g/mol. The molecule has 4 rings (SSSR count). The van der Waals surface area contributed by atoms with Gasteiger partial charge in [0.2, 0.25) is 15.7 Å². The Kier molecular flexibility index (Phi) is 5.50. The van der Waals surface area contributed by atoms with Gasteiger partial charge in [0.1, 0.15) is 10.8 Å². The topological polar surface area (TPSA) is 154 Å². The first-order valence-electron chi connectivity index (χ1n) is 8.95. The number of sulfone groups is 1. The van der Waals surface area contributed by atoms with E-state index in [9.17, 15) is 28.1 Å². The van der Waals surface area contributed by atoms with E-state index in [0.29, 0.717) is 11.0 Å². The van der Waals surface area contributed by atoms with Gasteiger partial charge in [-0.05, 0) is 24.3 Å². The molecule has 1 amide bonds. The molecule has 0 aliphatic rings. The van der Waals surface area contributed by atoms with Crippen LogP contribution in [0.1, 0.15) is 0 Å². The summed E-state index contributed by atoms with van der Waals surface area (Å²) in [4.78, 5) is 42.6. The Balaban J connectivity index is 1.53. The van der Waals surface area contributed by atoms with Gasteiger partial charge in [-0.25, -0.2) is 18.4 Å². The van der Waals surface area contributed by atoms with E-state index in [1.165, 1.54) is 4.57 Å². The fourth-order valence-electron chi connectivity index (χ4n) is 2.88. The third-order valence-corrected chi connectivity index (χ3v) is 7.55. The van der Waals surface area contributed by atoms with Crippen LogP contribution in [0.15, 0.2) is 74.8 Å². The SMILES string of the molecule is O=C(Cn1c(=O)cnc2ccccc21)Nc1ncc(S(=O)(=O)c2ccc([N+](=O)[O-])cc2)s1. The Bertz CT molecular complexity index is 1510. The molecule has 0 fully saturated rings. The molecule has 0 radical (unpaired) electrons. The second-order valence-corrected chi connectivity index (χ2v) is 9.67. The molecule has 2 aromatic heterocycles. The highest BCUT2D eigenvalue weighted by Gasteiger charge is 2.22. The molecule has 4 aromatic rings. The molecule has 32 heavy (non-hydrogen) atoms. The molecule has 162 valence electrons. The number of fused-ring (bicyclic) bond motifs is 1. The van der Waals surface area contributed by atoms with Gasteiger partial charge in [0, 0.05) is 12.1 Å². The molecule has 0 spiro atoms. The third kappa shape index (κ3) is 4.10. The van der Waals surface area contributed by atoms with Crippen molar-refractivity contribution in [1.82, 2.24) is 14.5 Å². The number of aromatic nitrogens is 3. The number of non-ortho nitro benzene ring substituents is 1. The van der Waals surface area contributed by atoms with Crippen LogP contribution < -0.4 is 10.9 Å². The fraction of sp³-hybridized carbons (Fsp3) is 0.0526. The predicted octanol–water partition coefficient (Wildman–Crippen LogP) is 2.23. The largest absolute Gasteiger partial charge is 0.300 e. The molecule has 0 aliphatic carbocycles. The smallest absolute Gasteiger partial charge is 0.269 e. The summed E-state index contributed by atoms with van der Waals surface area (Å²) in [6.45, 7) is -0.314. The number of carbonyl (C=O) groups is 1. The van der Waals surface area contributed by atoms with Gasteiger partial charge in [0.05, 0.1) is 33.2 Å². The first-order chi connectivity index (χ1) is 15.3. The molecule has 13 heteroatoms. The number of nitro groups is 1. The lowest BCUT2D eigenvalue weighted by Gasteiger charge is -2.08. The zero-order valence-electron chi connectivity index (χ0n) is 16.0. The molecule has 0 atom stereocenters. The van der Waals surface area contributed by atoms with Crippen LogP contribution in [-0.2, 0) is 21.2 Å². The van der Waals surface area contributed by atoms with Crippen LogP contribution in [0.5, 0.6) is 0 Å². The number of benzene rings is 2. The van der Waals surface area contributed by atoms with Crippen molar-refractivity contribution in [3.8, 4) is 0 Å². The van der Waals surface area contributed by atoms with Crippen LogP contribution in [0.3, 0.4) is 0 Å². The molecule has 1 N–H and O–H groups in total. The molecule has 11 nitrogen and oxygen atoms in total. The van der Waals surface area contributed by atoms with Gasteiger partial charge in [-0.1, -0.05) is 23.5 Å². The molecule has 2 aromatic carbocycles. The lowest BCUT2D eigenvalue weighted by Crippen LogP contribution is -2.27. The maximum Gasteiger partial charge on any atom is 0.269 e. The highest BCUT2D eigenvalue weighted by atomic mass is 32.2. The summed E-state index contributed by atoms with van der Waals surface area (Å²) < 4.78 is 26.6. The van der Waals surface area contributed by atoms with E-state index in [2.05, 4.69) is 15.3 Å². The van der Waals surface area contributed by atoms with Crippen molar-refractivity contribution in [2.45, 2.75) is 15.6 Å². The van der Waals surface area contributed by atoms with Crippen LogP contribution in [0, 0.1) is 10.1 Å². The minimum absolute atomic E-state index is 0.0295. The Morgan fingerprint density at radius 2 is 1.81 bits per heavy atom. The first-order valence-corrected chi connectivity index (χ1v) is 11.3. The maximum atomic E-state index is 12.7. The number of thiazole rings is 1. The van der Waals surface area contributed by atoms with Gasteiger partial charge in [-0.2, -0.15) is 0 Å². The van der Waals surface area contributed by atoms with E-state index in [1.54, 1.807) is 24.3 Å². The Morgan fingerprint density at radius 3 is 2.53 bits per heavy atom. The standard InChI is InChI=1S/C19H13N5O6S2/c25-16(11-23-15-4-2-1-3-14(15)20-9-17(23)26)22-19-21-10-18(31-19)32(29,30)13-7-5-12(6-8-13)24(27)28/h1-10H,11H2,(H,21,22,25). The van der Waals surface area contributed by atoms with Crippen molar-refractivity contribution in [2.24, 2.45) is 0 Å². The molecule has 0 saturated heterocycles. The maximum absolute atomic E-state index is 12.7. The van der Waals surface area contributed by atoms with Crippen molar-refractivity contribution >= 4 is 48.9 Å². The number of nitro benzene ring substituents is 1. The van der Waals surface area contributed by atoms with Gasteiger partial charge in [-0.15, -0.1) is 0 Å². The van der Waals surface area contributed by atoms with E-state index in [1.807, 2.05) is 0 Å². The number of amides is 1. The summed E-state index contributed by atoms with van der Waals surface area (Å²) >= 11 is 0.727. The number of carbonyl (C=O) groups excluding carboxylic acids is 1. The Labute approximate surface area is 184 Å². The van der Waals surface area contributed by atoms with Crippen molar-refractivity contribution in [3.63, 3.8) is 0 Å². The van der Waals surface area contributed by atoms with Gasteiger partial charge in [-0.3, -0.25) is 24.3 Å². The number of hydrogen-bond donors (Lipinski definition) is 1.